The van der Waals surface area contributed by atoms with Crippen molar-refractivity contribution >= 4 is 34.1 Å². The van der Waals surface area contributed by atoms with E-state index in [1.165, 1.54) is 28.7 Å². The third-order valence-electron chi connectivity index (χ3n) is 7.17. The molecule has 2 aromatic carbocycles. The minimum absolute atomic E-state index is 0.00258. The van der Waals surface area contributed by atoms with E-state index in [0.29, 0.717) is 6.54 Å². The van der Waals surface area contributed by atoms with Gasteiger partial charge >= 0.3 is 0 Å². The number of nitrogens with one attached hydrogen (secondary N) is 1. The topological polar surface area (TPSA) is 50.2 Å². The van der Waals surface area contributed by atoms with Crippen LogP contribution in [0, 0.1) is 6.92 Å². The number of carbonyl (C=O) groups is 1. The minimum atomic E-state index is -0.00258. The Balaban J connectivity index is 1.37. The van der Waals surface area contributed by atoms with E-state index in [1.807, 2.05) is 23.4 Å². The van der Waals surface area contributed by atoms with Crippen molar-refractivity contribution in [3.05, 3.63) is 70.5 Å². The van der Waals surface area contributed by atoms with Crippen LogP contribution in [0.5, 0.6) is 0 Å². The summed E-state index contributed by atoms with van der Waals surface area (Å²) in [5.74, 6) is 0.255. The Bertz CT molecular complexity index is 1210. The summed E-state index contributed by atoms with van der Waals surface area (Å²) in [7, 11) is 0. The number of imidazole rings is 1. The van der Waals surface area contributed by atoms with Gasteiger partial charge in [0.15, 0.2) is 0 Å². The summed E-state index contributed by atoms with van der Waals surface area (Å²) in [5.41, 5.74) is 7.06. The highest BCUT2D eigenvalue weighted by atomic mass is 35.5. The third-order valence-corrected chi connectivity index (χ3v) is 7.41. The molecule has 2 aliphatic rings. The van der Waals surface area contributed by atoms with Crippen molar-refractivity contribution in [2.24, 2.45) is 0 Å². The first-order valence-electron chi connectivity index (χ1n) is 12.0. The monoisotopic (exact) mass is 462 g/mol. The molecule has 0 bridgehead atoms. The number of rotatable bonds is 4. The normalized spacial score (nSPS) is 20.0. The van der Waals surface area contributed by atoms with Crippen LogP contribution in [0.4, 0.5) is 0 Å². The Labute approximate surface area is 200 Å². The van der Waals surface area contributed by atoms with Gasteiger partial charge in [-0.2, -0.15) is 0 Å². The Morgan fingerprint density at radius 2 is 2.09 bits per heavy atom. The fourth-order valence-electron chi connectivity index (χ4n) is 5.21. The molecule has 172 valence electrons. The second-order valence-corrected chi connectivity index (χ2v) is 9.73. The van der Waals surface area contributed by atoms with Gasteiger partial charge in [0.25, 0.3) is 0 Å². The predicted molar refractivity (Wildman–Crippen MR) is 135 cm³/mol. The molecular weight excluding hydrogens is 432 g/mol. The highest BCUT2D eigenvalue weighted by Crippen LogP contribution is 2.30. The van der Waals surface area contributed by atoms with Crippen LogP contribution < -0.4 is 5.32 Å². The maximum Gasteiger partial charge on any atom is 0.239 e. The summed E-state index contributed by atoms with van der Waals surface area (Å²) in [6.45, 7) is 6.72. The average molecular weight is 463 g/mol. The molecule has 5 nitrogen and oxygen atoms in total. The number of carbonyl (C=O) groups excluding carboxylic acids is 1. The Morgan fingerprint density at radius 1 is 1.21 bits per heavy atom. The zero-order valence-electron chi connectivity index (χ0n) is 19.4. The Kier molecular flexibility index (Phi) is 6.26. The second-order valence-electron chi connectivity index (χ2n) is 9.30. The van der Waals surface area contributed by atoms with Crippen LogP contribution in [-0.4, -0.2) is 46.0 Å². The molecule has 0 saturated carbocycles. The van der Waals surface area contributed by atoms with Gasteiger partial charge in [0.05, 0.1) is 29.4 Å². The first-order valence-corrected chi connectivity index (χ1v) is 12.3. The van der Waals surface area contributed by atoms with Gasteiger partial charge in [-0.05, 0) is 86.2 Å². The smallest absolute Gasteiger partial charge is 0.239 e. The van der Waals surface area contributed by atoms with Crippen LogP contribution >= 0.6 is 11.6 Å². The first kappa shape index (κ1) is 22.2. The highest BCUT2D eigenvalue weighted by molar-refractivity contribution is 6.30. The summed E-state index contributed by atoms with van der Waals surface area (Å²) in [5, 5.41) is 4.15. The van der Waals surface area contributed by atoms with Gasteiger partial charge in [-0.1, -0.05) is 36.2 Å². The van der Waals surface area contributed by atoms with Crippen molar-refractivity contribution in [1.29, 1.82) is 0 Å². The van der Waals surface area contributed by atoms with E-state index >= 15 is 0 Å². The number of hydrogen-bond donors (Lipinski definition) is 1. The first-order chi connectivity index (χ1) is 16.0. The molecule has 1 aromatic heterocycles. The van der Waals surface area contributed by atoms with Crippen LogP contribution in [-0.2, 0) is 4.79 Å². The fourth-order valence-corrected chi connectivity index (χ4v) is 5.43. The second kappa shape index (κ2) is 9.32. The maximum atomic E-state index is 12.9. The number of aromatic nitrogens is 2. The molecule has 3 heterocycles. The average Bonchev–Trinajstić information content (AvgIpc) is 3.27. The van der Waals surface area contributed by atoms with Crippen molar-refractivity contribution in [2.45, 2.75) is 51.6 Å². The number of amides is 1. The van der Waals surface area contributed by atoms with E-state index in [0.717, 1.165) is 48.4 Å². The molecule has 2 aliphatic heterocycles. The van der Waals surface area contributed by atoms with Crippen LogP contribution in [0.3, 0.4) is 0 Å². The standard InChI is InChI=1S/C27H31ClN4O/c1-18-15-22(28)7-8-23(18)19(2)32-17-30-24-9-6-21(16-26(24)32)20-10-13-31(14-11-20)27(33)25-5-3-4-12-29-25/h6-10,15-17,19,25,29H,3-5,11-14H2,1-2H3/t19-,25-/m1/s1. The minimum Gasteiger partial charge on any atom is -0.337 e. The lowest BCUT2D eigenvalue weighted by Gasteiger charge is -2.32. The quantitative estimate of drug-likeness (QED) is 0.567. The van der Waals surface area contributed by atoms with Crippen molar-refractivity contribution in [3.8, 4) is 0 Å². The summed E-state index contributed by atoms with van der Waals surface area (Å²) < 4.78 is 2.24. The number of hydrogen-bond acceptors (Lipinski definition) is 3. The van der Waals surface area contributed by atoms with E-state index in [-0.39, 0.29) is 18.0 Å². The van der Waals surface area contributed by atoms with Gasteiger partial charge in [0, 0.05) is 18.1 Å². The summed E-state index contributed by atoms with van der Waals surface area (Å²) in [6.07, 6.45) is 8.30. The van der Waals surface area contributed by atoms with Gasteiger partial charge in [-0.25, -0.2) is 4.98 Å². The summed E-state index contributed by atoms with van der Waals surface area (Å²) in [6, 6.07) is 12.7. The third kappa shape index (κ3) is 4.44. The molecule has 0 spiro atoms. The van der Waals surface area contributed by atoms with E-state index in [9.17, 15) is 4.79 Å². The SMILES string of the molecule is Cc1cc(Cl)ccc1[C@@H](C)n1cnc2ccc(C3=CCN(C(=O)[C@H]4CCCCN4)CC3)cc21. The lowest BCUT2D eigenvalue weighted by Crippen LogP contribution is -2.49. The predicted octanol–water partition coefficient (Wildman–Crippen LogP) is 5.37. The molecule has 6 heteroatoms. The van der Waals surface area contributed by atoms with Gasteiger partial charge in [0.2, 0.25) is 5.91 Å². The van der Waals surface area contributed by atoms with Crippen LogP contribution in [0.2, 0.25) is 5.02 Å². The molecule has 1 amide bonds. The number of aryl methyl sites for hydroxylation is 1. The summed E-state index contributed by atoms with van der Waals surface area (Å²) >= 11 is 6.17. The van der Waals surface area contributed by atoms with Crippen LogP contribution in [0.25, 0.3) is 16.6 Å². The molecule has 5 rings (SSSR count). The molecule has 1 fully saturated rings. The molecule has 1 N–H and O–H groups in total. The molecule has 0 unspecified atom stereocenters. The fraction of sp³-hybridized carbons (Fsp3) is 0.407. The summed E-state index contributed by atoms with van der Waals surface area (Å²) in [4.78, 5) is 19.5. The molecule has 0 aliphatic carbocycles. The van der Waals surface area contributed by atoms with E-state index < -0.39 is 0 Å². The van der Waals surface area contributed by atoms with Gasteiger partial charge in [-0.15, -0.1) is 0 Å². The van der Waals surface area contributed by atoms with Crippen molar-refractivity contribution in [1.82, 2.24) is 19.8 Å². The zero-order chi connectivity index (χ0) is 22.9. The molecule has 2 atom stereocenters. The Morgan fingerprint density at radius 3 is 2.82 bits per heavy atom. The van der Waals surface area contributed by atoms with E-state index in [4.69, 9.17) is 11.6 Å². The van der Waals surface area contributed by atoms with Gasteiger partial charge < -0.3 is 14.8 Å². The Hall–Kier alpha value is -2.63. The zero-order valence-corrected chi connectivity index (χ0v) is 20.1. The molecule has 33 heavy (non-hydrogen) atoms. The molecular formula is C27H31ClN4O. The van der Waals surface area contributed by atoms with E-state index in [2.05, 4.69) is 59.1 Å². The molecule has 1 saturated heterocycles. The van der Waals surface area contributed by atoms with Gasteiger partial charge in [0.1, 0.15) is 0 Å². The molecule has 3 aromatic rings. The number of piperidine rings is 1. The number of benzene rings is 2. The van der Waals surface area contributed by atoms with Crippen molar-refractivity contribution in [2.75, 3.05) is 19.6 Å². The van der Waals surface area contributed by atoms with E-state index in [1.54, 1.807) is 0 Å². The van der Waals surface area contributed by atoms with Crippen molar-refractivity contribution in [3.63, 3.8) is 0 Å². The highest BCUT2D eigenvalue weighted by Gasteiger charge is 2.27. The number of fused-ring (bicyclic) bond motifs is 1. The van der Waals surface area contributed by atoms with Crippen LogP contribution in [0.1, 0.15) is 55.3 Å². The number of nitrogens with zero attached hydrogens (tertiary/aromatic N) is 3. The van der Waals surface area contributed by atoms with Crippen molar-refractivity contribution < 1.29 is 4.79 Å². The number of halogens is 1. The maximum absolute atomic E-state index is 12.9. The molecule has 0 radical (unpaired) electrons. The van der Waals surface area contributed by atoms with Crippen LogP contribution in [0.15, 0.2) is 48.8 Å². The largest absolute Gasteiger partial charge is 0.337 e. The van der Waals surface area contributed by atoms with Gasteiger partial charge in [-0.3, -0.25) is 4.79 Å². The lowest BCUT2D eigenvalue weighted by atomic mass is 9.97. The lowest BCUT2D eigenvalue weighted by molar-refractivity contribution is -0.133.